The van der Waals surface area contributed by atoms with E-state index in [4.69, 9.17) is 9.47 Å². The van der Waals surface area contributed by atoms with Gasteiger partial charge in [0.2, 0.25) is 12.7 Å². The van der Waals surface area contributed by atoms with Crippen molar-refractivity contribution in [3.05, 3.63) is 65.7 Å². The summed E-state index contributed by atoms with van der Waals surface area (Å²) in [6.45, 7) is 2.30. The van der Waals surface area contributed by atoms with E-state index in [1.807, 2.05) is 48.5 Å². The Balaban J connectivity index is 1.64. The van der Waals surface area contributed by atoms with Crippen molar-refractivity contribution in [2.24, 2.45) is 0 Å². The molecule has 4 nitrogen and oxygen atoms in total. The molecule has 2 aromatic carbocycles. The van der Waals surface area contributed by atoms with Gasteiger partial charge in [-0.1, -0.05) is 43.3 Å². The van der Waals surface area contributed by atoms with Crippen molar-refractivity contribution in [2.45, 2.75) is 19.4 Å². The normalized spacial score (nSPS) is 14.0. The molecule has 0 saturated carbocycles. The fourth-order valence-corrected chi connectivity index (χ4v) is 2.51. The molecule has 1 amide bonds. The summed E-state index contributed by atoms with van der Waals surface area (Å²) in [4.78, 5) is 12.1. The topological polar surface area (TPSA) is 47.6 Å². The van der Waals surface area contributed by atoms with Crippen molar-refractivity contribution < 1.29 is 14.3 Å². The molecule has 0 saturated heterocycles. The summed E-state index contributed by atoms with van der Waals surface area (Å²) in [5, 5.41) is 3.02. The van der Waals surface area contributed by atoms with Gasteiger partial charge in [0.15, 0.2) is 11.5 Å². The highest BCUT2D eigenvalue weighted by atomic mass is 16.7. The summed E-state index contributed by atoms with van der Waals surface area (Å²) in [6.07, 6.45) is 4.16. The third kappa shape index (κ3) is 3.72. The Hall–Kier alpha value is -2.75. The second-order valence-electron chi connectivity index (χ2n) is 5.33. The number of rotatable bonds is 5. The van der Waals surface area contributed by atoms with Crippen LogP contribution in [0.2, 0.25) is 0 Å². The molecule has 0 radical (unpaired) electrons. The van der Waals surface area contributed by atoms with Crippen LogP contribution in [0.15, 0.2) is 54.6 Å². The fourth-order valence-electron chi connectivity index (χ4n) is 2.51. The molecule has 1 heterocycles. The van der Waals surface area contributed by atoms with Gasteiger partial charge in [-0.25, -0.2) is 0 Å². The monoisotopic (exact) mass is 309 g/mol. The van der Waals surface area contributed by atoms with Crippen LogP contribution in [0.3, 0.4) is 0 Å². The lowest BCUT2D eigenvalue weighted by atomic mass is 10.0. The van der Waals surface area contributed by atoms with Gasteiger partial charge >= 0.3 is 0 Å². The van der Waals surface area contributed by atoms with Gasteiger partial charge in [-0.15, -0.1) is 0 Å². The molecule has 0 fully saturated rings. The maximum absolute atomic E-state index is 12.1. The molecular weight excluding hydrogens is 290 g/mol. The van der Waals surface area contributed by atoms with Crippen molar-refractivity contribution in [1.82, 2.24) is 5.32 Å². The van der Waals surface area contributed by atoms with E-state index in [0.29, 0.717) is 5.75 Å². The van der Waals surface area contributed by atoms with Crippen LogP contribution in [-0.4, -0.2) is 12.7 Å². The maximum atomic E-state index is 12.1. The number of amides is 1. The highest BCUT2D eigenvalue weighted by molar-refractivity contribution is 5.92. The Morgan fingerprint density at radius 2 is 1.96 bits per heavy atom. The smallest absolute Gasteiger partial charge is 0.244 e. The molecule has 1 aliphatic rings. The van der Waals surface area contributed by atoms with Gasteiger partial charge in [0.25, 0.3) is 0 Å². The Morgan fingerprint density at radius 3 is 2.74 bits per heavy atom. The van der Waals surface area contributed by atoms with E-state index >= 15 is 0 Å². The largest absolute Gasteiger partial charge is 0.454 e. The van der Waals surface area contributed by atoms with Crippen LogP contribution in [0.4, 0.5) is 0 Å². The van der Waals surface area contributed by atoms with Gasteiger partial charge < -0.3 is 14.8 Å². The van der Waals surface area contributed by atoms with Gasteiger partial charge in [0.1, 0.15) is 0 Å². The summed E-state index contributed by atoms with van der Waals surface area (Å²) in [6, 6.07) is 15.6. The Kier molecular flexibility index (Phi) is 4.62. The first-order valence-electron chi connectivity index (χ1n) is 7.69. The third-order valence-corrected chi connectivity index (χ3v) is 3.75. The second-order valence-corrected chi connectivity index (χ2v) is 5.33. The number of nitrogens with one attached hydrogen (secondary N) is 1. The number of ether oxygens (including phenoxy) is 2. The molecule has 23 heavy (non-hydrogen) atoms. The van der Waals surface area contributed by atoms with E-state index in [-0.39, 0.29) is 18.7 Å². The van der Waals surface area contributed by atoms with Crippen molar-refractivity contribution in [3.63, 3.8) is 0 Å². The molecule has 0 unspecified atom stereocenters. The van der Waals surface area contributed by atoms with Crippen LogP contribution in [0.1, 0.15) is 30.5 Å². The Morgan fingerprint density at radius 1 is 1.17 bits per heavy atom. The van der Waals surface area contributed by atoms with Gasteiger partial charge in [-0.2, -0.15) is 0 Å². The molecule has 2 aromatic rings. The maximum Gasteiger partial charge on any atom is 0.244 e. The van der Waals surface area contributed by atoms with Crippen LogP contribution in [0.25, 0.3) is 6.08 Å². The molecule has 1 aliphatic heterocycles. The fraction of sp³-hybridized carbons (Fsp3) is 0.211. The first-order chi connectivity index (χ1) is 11.3. The number of carbonyl (C=O) groups excluding carboxylic acids is 1. The summed E-state index contributed by atoms with van der Waals surface area (Å²) < 4.78 is 10.6. The van der Waals surface area contributed by atoms with Gasteiger partial charge in [0.05, 0.1) is 6.04 Å². The minimum Gasteiger partial charge on any atom is -0.454 e. The van der Waals surface area contributed by atoms with E-state index in [9.17, 15) is 4.79 Å². The summed E-state index contributed by atoms with van der Waals surface area (Å²) in [5.41, 5.74) is 2.01. The first-order valence-corrected chi connectivity index (χ1v) is 7.69. The Labute approximate surface area is 135 Å². The number of benzene rings is 2. The van der Waals surface area contributed by atoms with Crippen LogP contribution in [0.5, 0.6) is 11.5 Å². The first kappa shape index (κ1) is 15.2. The zero-order chi connectivity index (χ0) is 16.1. The van der Waals surface area contributed by atoms with Crippen molar-refractivity contribution >= 4 is 12.0 Å². The molecular formula is C19H19NO3. The quantitative estimate of drug-likeness (QED) is 0.857. The standard InChI is InChI=1S/C19H19NO3/c1-2-16(15-6-4-3-5-7-15)20-19(21)11-9-14-8-10-17-18(12-14)23-13-22-17/h3-12,16H,2,13H2,1H3,(H,20,21)/b11-9+/t16-/m1/s1. The van der Waals surface area contributed by atoms with Gasteiger partial charge in [0, 0.05) is 6.08 Å². The van der Waals surface area contributed by atoms with E-state index < -0.39 is 0 Å². The predicted molar refractivity (Wildman–Crippen MR) is 89.2 cm³/mol. The number of carbonyl (C=O) groups is 1. The van der Waals surface area contributed by atoms with E-state index in [1.54, 1.807) is 12.2 Å². The van der Waals surface area contributed by atoms with E-state index in [2.05, 4.69) is 12.2 Å². The molecule has 0 aromatic heterocycles. The molecule has 4 heteroatoms. The van der Waals surface area contributed by atoms with E-state index in [0.717, 1.165) is 23.3 Å². The highest BCUT2D eigenvalue weighted by Crippen LogP contribution is 2.32. The molecule has 1 atom stereocenters. The minimum atomic E-state index is -0.113. The lowest BCUT2D eigenvalue weighted by Gasteiger charge is -2.16. The molecule has 0 spiro atoms. The second kappa shape index (κ2) is 7.01. The highest BCUT2D eigenvalue weighted by Gasteiger charge is 2.13. The summed E-state index contributed by atoms with van der Waals surface area (Å²) >= 11 is 0. The van der Waals surface area contributed by atoms with Crippen LogP contribution in [-0.2, 0) is 4.79 Å². The van der Waals surface area contributed by atoms with Crippen LogP contribution < -0.4 is 14.8 Å². The minimum absolute atomic E-state index is 0.0186. The third-order valence-electron chi connectivity index (χ3n) is 3.75. The summed E-state index contributed by atoms with van der Waals surface area (Å²) in [7, 11) is 0. The Bertz CT molecular complexity index is 710. The lowest BCUT2D eigenvalue weighted by molar-refractivity contribution is -0.117. The van der Waals surface area contributed by atoms with Crippen molar-refractivity contribution in [1.29, 1.82) is 0 Å². The van der Waals surface area contributed by atoms with Crippen LogP contribution in [0, 0.1) is 0 Å². The molecule has 0 aliphatic carbocycles. The molecule has 1 N–H and O–H groups in total. The molecule has 3 rings (SSSR count). The van der Waals surface area contributed by atoms with Gasteiger partial charge in [-0.3, -0.25) is 4.79 Å². The number of fused-ring (bicyclic) bond motifs is 1. The summed E-state index contributed by atoms with van der Waals surface area (Å²) in [5.74, 6) is 1.34. The number of hydrogen-bond acceptors (Lipinski definition) is 3. The molecule has 118 valence electrons. The van der Waals surface area contributed by atoms with Crippen molar-refractivity contribution in [3.8, 4) is 11.5 Å². The van der Waals surface area contributed by atoms with Gasteiger partial charge in [-0.05, 0) is 35.8 Å². The number of hydrogen-bond donors (Lipinski definition) is 1. The zero-order valence-electron chi connectivity index (χ0n) is 13.0. The zero-order valence-corrected chi connectivity index (χ0v) is 13.0. The average Bonchev–Trinajstić information content (AvgIpc) is 3.06. The van der Waals surface area contributed by atoms with Crippen molar-refractivity contribution in [2.75, 3.05) is 6.79 Å². The molecule has 0 bridgehead atoms. The average molecular weight is 309 g/mol. The van der Waals surface area contributed by atoms with Crippen LogP contribution >= 0.6 is 0 Å². The predicted octanol–water partition coefficient (Wildman–Crippen LogP) is 3.70. The SMILES string of the molecule is CC[C@@H](NC(=O)/C=C/c1ccc2c(c1)OCO2)c1ccccc1. The lowest BCUT2D eigenvalue weighted by Crippen LogP contribution is -2.26. The van der Waals surface area contributed by atoms with E-state index in [1.165, 1.54) is 0 Å².